The Bertz CT molecular complexity index is 163. The summed E-state index contributed by atoms with van der Waals surface area (Å²) in [6, 6.07) is 0.772. The first-order valence-corrected chi connectivity index (χ1v) is 6.48. The van der Waals surface area contributed by atoms with Crippen molar-refractivity contribution in [3.05, 3.63) is 0 Å². The van der Waals surface area contributed by atoms with Gasteiger partial charge in [0.15, 0.2) is 0 Å². The second-order valence-electron chi connectivity index (χ2n) is 5.22. The zero-order valence-corrected chi connectivity index (χ0v) is 10.6. The van der Waals surface area contributed by atoms with Gasteiger partial charge in [0.2, 0.25) is 0 Å². The Morgan fingerprint density at radius 1 is 1.20 bits per heavy atom. The second-order valence-corrected chi connectivity index (χ2v) is 5.22. The van der Waals surface area contributed by atoms with Gasteiger partial charge in [0.1, 0.15) is 0 Å². The van der Waals surface area contributed by atoms with Crippen molar-refractivity contribution in [2.24, 2.45) is 5.41 Å². The fraction of sp³-hybridized carbons (Fsp3) is 1.00. The van der Waals surface area contributed by atoms with Gasteiger partial charge in [0.25, 0.3) is 0 Å². The van der Waals surface area contributed by atoms with Crippen LogP contribution in [0, 0.1) is 5.41 Å². The minimum Gasteiger partial charge on any atom is -0.396 e. The molecule has 0 aromatic carbocycles. The van der Waals surface area contributed by atoms with E-state index in [1.54, 1.807) is 0 Å². The lowest BCUT2D eigenvalue weighted by Crippen LogP contribution is -2.41. The van der Waals surface area contributed by atoms with Crippen molar-refractivity contribution in [1.82, 2.24) is 4.90 Å². The summed E-state index contributed by atoms with van der Waals surface area (Å²) in [5.41, 5.74) is 0.136. The van der Waals surface area contributed by atoms with Crippen molar-refractivity contribution in [2.45, 2.75) is 58.4 Å². The molecule has 2 nitrogen and oxygen atoms in total. The first-order chi connectivity index (χ1) is 7.17. The molecule has 0 aromatic rings. The van der Waals surface area contributed by atoms with Crippen LogP contribution in [0.4, 0.5) is 0 Å². The maximum atomic E-state index is 9.54. The molecule has 2 heteroatoms. The van der Waals surface area contributed by atoms with Crippen LogP contribution in [0.2, 0.25) is 0 Å². The Balaban J connectivity index is 2.49. The summed E-state index contributed by atoms with van der Waals surface area (Å²) < 4.78 is 0. The van der Waals surface area contributed by atoms with Crippen LogP contribution < -0.4 is 0 Å². The zero-order valence-electron chi connectivity index (χ0n) is 10.6. The summed E-state index contributed by atoms with van der Waals surface area (Å²) in [5, 5.41) is 9.54. The molecule has 0 amide bonds. The van der Waals surface area contributed by atoms with Gasteiger partial charge in [-0.15, -0.1) is 0 Å². The van der Waals surface area contributed by atoms with E-state index in [9.17, 15) is 5.11 Å². The number of rotatable bonds is 6. The molecule has 0 spiro atoms. The monoisotopic (exact) mass is 213 g/mol. The number of hydrogen-bond acceptors (Lipinski definition) is 2. The van der Waals surface area contributed by atoms with E-state index in [0.29, 0.717) is 6.61 Å². The largest absolute Gasteiger partial charge is 0.396 e. The second kappa shape index (κ2) is 5.86. The molecule has 0 aromatic heterocycles. The summed E-state index contributed by atoms with van der Waals surface area (Å²) in [5.74, 6) is 0. The van der Waals surface area contributed by atoms with Gasteiger partial charge < -0.3 is 10.0 Å². The van der Waals surface area contributed by atoms with E-state index in [1.807, 2.05) is 0 Å². The number of aliphatic hydroxyl groups is 1. The predicted octanol–water partition coefficient (Wildman–Crippen LogP) is 2.66. The Labute approximate surface area is 94.7 Å². The Hall–Kier alpha value is -0.0800. The molecule has 1 aliphatic carbocycles. The van der Waals surface area contributed by atoms with E-state index in [1.165, 1.54) is 25.7 Å². The first kappa shape index (κ1) is 13.0. The normalized spacial score (nSPS) is 19.0. The zero-order chi connectivity index (χ0) is 11.3. The molecule has 0 atom stereocenters. The SMILES string of the molecule is CCC(CC)(CO)CN(C)C1CCCC1. The van der Waals surface area contributed by atoms with E-state index in [0.717, 1.165) is 25.4 Å². The number of aliphatic hydroxyl groups excluding tert-OH is 1. The molecule has 0 bridgehead atoms. The van der Waals surface area contributed by atoms with Gasteiger partial charge in [0.05, 0.1) is 0 Å². The third-order valence-corrected chi connectivity index (χ3v) is 4.37. The summed E-state index contributed by atoms with van der Waals surface area (Å²) in [7, 11) is 2.23. The highest BCUT2D eigenvalue weighted by molar-refractivity contribution is 4.83. The molecule has 1 saturated carbocycles. The first-order valence-electron chi connectivity index (χ1n) is 6.48. The van der Waals surface area contributed by atoms with Crippen molar-refractivity contribution in [3.8, 4) is 0 Å². The van der Waals surface area contributed by atoms with E-state index in [2.05, 4.69) is 25.8 Å². The van der Waals surface area contributed by atoms with Crippen molar-refractivity contribution in [2.75, 3.05) is 20.2 Å². The molecule has 1 fully saturated rings. The third-order valence-electron chi connectivity index (χ3n) is 4.37. The van der Waals surface area contributed by atoms with Crippen LogP contribution in [0.15, 0.2) is 0 Å². The fourth-order valence-electron chi connectivity index (χ4n) is 2.75. The maximum Gasteiger partial charge on any atom is 0.0499 e. The topological polar surface area (TPSA) is 23.5 Å². The summed E-state index contributed by atoms with van der Waals surface area (Å²) in [4.78, 5) is 2.48. The van der Waals surface area contributed by atoms with Crippen molar-refractivity contribution in [1.29, 1.82) is 0 Å². The molecule has 15 heavy (non-hydrogen) atoms. The summed E-state index contributed by atoms with van der Waals surface area (Å²) in [6.45, 7) is 5.78. The Morgan fingerprint density at radius 3 is 2.13 bits per heavy atom. The highest BCUT2D eigenvalue weighted by Gasteiger charge is 2.30. The Morgan fingerprint density at radius 2 is 1.73 bits per heavy atom. The van der Waals surface area contributed by atoms with Crippen molar-refractivity contribution < 1.29 is 5.11 Å². The lowest BCUT2D eigenvalue weighted by molar-refractivity contribution is 0.0605. The highest BCUT2D eigenvalue weighted by Crippen LogP contribution is 2.30. The Kier molecular flexibility index (Phi) is 5.07. The average molecular weight is 213 g/mol. The molecule has 0 radical (unpaired) electrons. The summed E-state index contributed by atoms with van der Waals surface area (Å²) in [6.07, 6.45) is 7.64. The van der Waals surface area contributed by atoms with Crippen LogP contribution in [0.25, 0.3) is 0 Å². The predicted molar refractivity (Wildman–Crippen MR) is 65.0 cm³/mol. The molecular weight excluding hydrogens is 186 g/mol. The molecule has 0 unspecified atom stereocenters. The van der Waals surface area contributed by atoms with Crippen molar-refractivity contribution >= 4 is 0 Å². The van der Waals surface area contributed by atoms with Gasteiger partial charge in [0, 0.05) is 24.6 Å². The minimum atomic E-state index is 0.136. The molecule has 0 heterocycles. The van der Waals surface area contributed by atoms with Crippen LogP contribution in [-0.2, 0) is 0 Å². The molecular formula is C13H27NO. The van der Waals surface area contributed by atoms with E-state index in [-0.39, 0.29) is 5.41 Å². The average Bonchev–Trinajstić information content (AvgIpc) is 2.79. The number of nitrogens with zero attached hydrogens (tertiary/aromatic N) is 1. The van der Waals surface area contributed by atoms with Crippen LogP contribution in [0.5, 0.6) is 0 Å². The van der Waals surface area contributed by atoms with Crippen LogP contribution >= 0.6 is 0 Å². The van der Waals surface area contributed by atoms with Gasteiger partial charge in [-0.3, -0.25) is 0 Å². The van der Waals surface area contributed by atoms with Crippen molar-refractivity contribution in [3.63, 3.8) is 0 Å². The standard InChI is InChI=1S/C13H27NO/c1-4-13(5-2,11-15)10-14(3)12-8-6-7-9-12/h12,15H,4-11H2,1-3H3. The maximum absolute atomic E-state index is 9.54. The lowest BCUT2D eigenvalue weighted by Gasteiger charge is -2.36. The van der Waals surface area contributed by atoms with E-state index < -0.39 is 0 Å². The molecule has 0 aliphatic heterocycles. The molecule has 90 valence electrons. The van der Waals surface area contributed by atoms with Gasteiger partial charge >= 0.3 is 0 Å². The van der Waals surface area contributed by atoms with Crippen LogP contribution in [-0.4, -0.2) is 36.2 Å². The highest BCUT2D eigenvalue weighted by atomic mass is 16.3. The molecule has 1 rings (SSSR count). The molecule has 1 N–H and O–H groups in total. The fourth-order valence-corrected chi connectivity index (χ4v) is 2.75. The van der Waals surface area contributed by atoms with Gasteiger partial charge in [-0.05, 0) is 32.7 Å². The van der Waals surface area contributed by atoms with Gasteiger partial charge in [-0.2, -0.15) is 0 Å². The summed E-state index contributed by atoms with van der Waals surface area (Å²) >= 11 is 0. The molecule has 0 saturated heterocycles. The van der Waals surface area contributed by atoms with Gasteiger partial charge in [-0.25, -0.2) is 0 Å². The van der Waals surface area contributed by atoms with E-state index in [4.69, 9.17) is 0 Å². The smallest absolute Gasteiger partial charge is 0.0499 e. The van der Waals surface area contributed by atoms with Crippen LogP contribution in [0.3, 0.4) is 0 Å². The number of hydrogen-bond donors (Lipinski definition) is 1. The lowest BCUT2D eigenvalue weighted by atomic mass is 9.82. The van der Waals surface area contributed by atoms with E-state index >= 15 is 0 Å². The third kappa shape index (κ3) is 3.18. The molecule has 1 aliphatic rings. The minimum absolute atomic E-state index is 0.136. The van der Waals surface area contributed by atoms with Crippen LogP contribution in [0.1, 0.15) is 52.4 Å². The quantitative estimate of drug-likeness (QED) is 0.733. The van der Waals surface area contributed by atoms with Gasteiger partial charge in [-0.1, -0.05) is 26.7 Å².